The van der Waals surface area contributed by atoms with Crippen LogP contribution in [-0.4, -0.2) is 45.4 Å². The monoisotopic (exact) mass is 277 g/mol. The summed E-state index contributed by atoms with van der Waals surface area (Å²) < 4.78 is 1.86. The largest absolute Gasteiger partial charge is 0.392 e. The molecule has 0 radical (unpaired) electrons. The Morgan fingerprint density at radius 3 is 2.80 bits per heavy atom. The number of rotatable bonds is 7. The van der Waals surface area contributed by atoms with Crippen molar-refractivity contribution in [1.29, 1.82) is 0 Å². The predicted octanol–water partition coefficient (Wildman–Crippen LogP) is 1.23. The Balaban J connectivity index is 1.99. The molecule has 0 saturated heterocycles. The Morgan fingerprint density at radius 1 is 1.30 bits per heavy atom. The van der Waals surface area contributed by atoms with Gasteiger partial charge < -0.3 is 15.7 Å². The zero-order valence-corrected chi connectivity index (χ0v) is 12.3. The van der Waals surface area contributed by atoms with E-state index in [4.69, 9.17) is 5.11 Å². The molecule has 110 valence electrons. The first-order chi connectivity index (χ1) is 9.58. The molecular formula is C14H23N5O. The Hall–Kier alpha value is -1.66. The predicted molar refractivity (Wildman–Crippen MR) is 80.1 cm³/mol. The highest BCUT2D eigenvalue weighted by Gasteiger charge is 2.09. The average Bonchev–Trinajstić information content (AvgIpc) is 2.83. The van der Waals surface area contributed by atoms with E-state index < -0.39 is 0 Å². The lowest BCUT2D eigenvalue weighted by Crippen LogP contribution is -2.29. The number of hydrogen-bond donors (Lipinski definition) is 3. The lowest BCUT2D eigenvalue weighted by Gasteiger charge is -2.09. The first-order valence-electron chi connectivity index (χ1n) is 7.05. The van der Waals surface area contributed by atoms with Crippen LogP contribution in [0.25, 0.3) is 5.52 Å². The van der Waals surface area contributed by atoms with Gasteiger partial charge in [-0.2, -0.15) is 5.10 Å². The molecule has 0 spiro atoms. The summed E-state index contributed by atoms with van der Waals surface area (Å²) in [5.41, 5.74) is 2.06. The summed E-state index contributed by atoms with van der Waals surface area (Å²) in [6, 6.07) is 2.07. The van der Waals surface area contributed by atoms with Crippen molar-refractivity contribution in [1.82, 2.24) is 19.9 Å². The maximum Gasteiger partial charge on any atom is 0.152 e. The maximum atomic E-state index is 9.16. The molecule has 2 rings (SSSR count). The number of aliphatic hydroxyl groups is 1. The average molecular weight is 277 g/mol. The molecule has 0 aliphatic carbocycles. The van der Waals surface area contributed by atoms with Crippen molar-refractivity contribution < 1.29 is 5.11 Å². The molecule has 20 heavy (non-hydrogen) atoms. The van der Waals surface area contributed by atoms with E-state index >= 15 is 0 Å². The molecule has 0 aliphatic rings. The van der Waals surface area contributed by atoms with Gasteiger partial charge in [0.1, 0.15) is 5.52 Å². The van der Waals surface area contributed by atoms with Crippen molar-refractivity contribution >= 4 is 11.3 Å². The van der Waals surface area contributed by atoms with Crippen molar-refractivity contribution in [3.63, 3.8) is 0 Å². The van der Waals surface area contributed by atoms with Crippen LogP contribution in [0.15, 0.2) is 18.5 Å². The second-order valence-electron chi connectivity index (χ2n) is 5.31. The Morgan fingerprint density at radius 2 is 2.10 bits per heavy atom. The molecule has 0 saturated carbocycles. The highest BCUT2D eigenvalue weighted by molar-refractivity contribution is 5.67. The molecule has 6 nitrogen and oxygen atoms in total. The minimum atomic E-state index is -0.319. The molecule has 0 aliphatic heterocycles. The lowest BCUT2D eigenvalue weighted by atomic mass is 10.1. The van der Waals surface area contributed by atoms with Gasteiger partial charge in [-0.1, -0.05) is 13.8 Å². The minimum absolute atomic E-state index is 0.319. The van der Waals surface area contributed by atoms with E-state index in [1.54, 1.807) is 13.1 Å². The van der Waals surface area contributed by atoms with Crippen LogP contribution in [-0.2, 0) is 0 Å². The first-order valence-corrected chi connectivity index (χ1v) is 7.05. The summed E-state index contributed by atoms with van der Waals surface area (Å²) in [4.78, 5) is 4.36. The number of aromatic nitrogens is 3. The third-order valence-electron chi connectivity index (χ3n) is 3.03. The van der Waals surface area contributed by atoms with Gasteiger partial charge in [-0.3, -0.25) is 0 Å². The standard InChI is InChI=1S/C14H23N5O/c1-10(2)12-8-13-14(17-6-7-19(13)18-12)16-5-4-15-9-11(3)20/h6-8,10-11,15,20H,4-5,9H2,1-3H3,(H,16,17). The van der Waals surface area contributed by atoms with Gasteiger partial charge in [0, 0.05) is 32.0 Å². The van der Waals surface area contributed by atoms with Gasteiger partial charge in [0.15, 0.2) is 5.82 Å². The van der Waals surface area contributed by atoms with E-state index in [0.29, 0.717) is 12.5 Å². The van der Waals surface area contributed by atoms with Crippen LogP contribution >= 0.6 is 0 Å². The van der Waals surface area contributed by atoms with Gasteiger partial charge >= 0.3 is 0 Å². The van der Waals surface area contributed by atoms with Crippen LogP contribution in [0.2, 0.25) is 0 Å². The number of aliphatic hydroxyl groups excluding tert-OH is 1. The zero-order valence-electron chi connectivity index (χ0n) is 12.3. The van der Waals surface area contributed by atoms with Crippen LogP contribution in [0.1, 0.15) is 32.4 Å². The molecule has 3 N–H and O–H groups in total. The molecule has 0 bridgehead atoms. The fourth-order valence-electron chi connectivity index (χ4n) is 1.94. The number of nitrogens with one attached hydrogen (secondary N) is 2. The van der Waals surface area contributed by atoms with Gasteiger partial charge in [-0.25, -0.2) is 9.50 Å². The fourth-order valence-corrected chi connectivity index (χ4v) is 1.94. The van der Waals surface area contributed by atoms with Crippen molar-refractivity contribution in [2.75, 3.05) is 25.0 Å². The summed E-state index contributed by atoms with van der Waals surface area (Å²) in [6.45, 7) is 8.15. The number of fused-ring (bicyclic) bond motifs is 1. The van der Waals surface area contributed by atoms with E-state index in [1.165, 1.54) is 0 Å². The van der Waals surface area contributed by atoms with E-state index in [9.17, 15) is 0 Å². The molecule has 0 amide bonds. The third kappa shape index (κ3) is 3.68. The van der Waals surface area contributed by atoms with E-state index in [0.717, 1.165) is 30.1 Å². The zero-order chi connectivity index (χ0) is 14.5. The second kappa shape index (κ2) is 6.67. The Labute approximate surface area is 119 Å². The molecule has 2 aromatic rings. The first kappa shape index (κ1) is 14.7. The normalized spacial score (nSPS) is 13.1. The number of anilines is 1. The van der Waals surface area contributed by atoms with Crippen molar-refractivity contribution in [2.45, 2.75) is 32.8 Å². The van der Waals surface area contributed by atoms with Crippen LogP contribution in [0.3, 0.4) is 0 Å². The quantitative estimate of drug-likeness (QED) is 0.664. The second-order valence-corrected chi connectivity index (χ2v) is 5.31. The van der Waals surface area contributed by atoms with Crippen LogP contribution < -0.4 is 10.6 Å². The van der Waals surface area contributed by atoms with Crippen molar-refractivity contribution in [2.24, 2.45) is 0 Å². The van der Waals surface area contributed by atoms with E-state index in [-0.39, 0.29) is 6.10 Å². The molecule has 2 heterocycles. The smallest absolute Gasteiger partial charge is 0.152 e. The number of nitrogens with zero attached hydrogens (tertiary/aromatic N) is 3. The molecular weight excluding hydrogens is 254 g/mol. The van der Waals surface area contributed by atoms with Gasteiger partial charge in [-0.15, -0.1) is 0 Å². The maximum absolute atomic E-state index is 9.16. The van der Waals surface area contributed by atoms with E-state index in [1.807, 2.05) is 10.7 Å². The van der Waals surface area contributed by atoms with E-state index in [2.05, 4.69) is 40.6 Å². The van der Waals surface area contributed by atoms with Crippen LogP contribution in [0.5, 0.6) is 0 Å². The lowest BCUT2D eigenvalue weighted by molar-refractivity contribution is 0.192. The summed E-state index contributed by atoms with van der Waals surface area (Å²) >= 11 is 0. The fraction of sp³-hybridized carbons (Fsp3) is 0.571. The highest BCUT2D eigenvalue weighted by atomic mass is 16.3. The SMILES string of the molecule is CC(O)CNCCNc1nccn2nc(C(C)C)cc12. The Kier molecular flexibility index (Phi) is 4.92. The molecule has 1 unspecified atom stereocenters. The van der Waals surface area contributed by atoms with Gasteiger partial charge in [0.05, 0.1) is 11.8 Å². The third-order valence-corrected chi connectivity index (χ3v) is 3.03. The highest BCUT2D eigenvalue weighted by Crippen LogP contribution is 2.19. The number of hydrogen-bond acceptors (Lipinski definition) is 5. The summed E-state index contributed by atoms with van der Waals surface area (Å²) in [5, 5.41) is 20.1. The summed E-state index contributed by atoms with van der Waals surface area (Å²) in [7, 11) is 0. The molecule has 0 fully saturated rings. The van der Waals surface area contributed by atoms with Gasteiger partial charge in [0.25, 0.3) is 0 Å². The molecule has 0 aromatic carbocycles. The molecule has 1 atom stereocenters. The van der Waals surface area contributed by atoms with Gasteiger partial charge in [-0.05, 0) is 18.9 Å². The minimum Gasteiger partial charge on any atom is -0.392 e. The summed E-state index contributed by atoms with van der Waals surface area (Å²) in [6.07, 6.45) is 3.29. The van der Waals surface area contributed by atoms with Crippen molar-refractivity contribution in [3.05, 3.63) is 24.2 Å². The Bertz CT molecular complexity index is 549. The molecule has 6 heteroatoms. The topological polar surface area (TPSA) is 74.5 Å². The van der Waals surface area contributed by atoms with Gasteiger partial charge in [0.2, 0.25) is 0 Å². The van der Waals surface area contributed by atoms with Crippen LogP contribution in [0, 0.1) is 0 Å². The van der Waals surface area contributed by atoms with Crippen LogP contribution in [0.4, 0.5) is 5.82 Å². The summed E-state index contributed by atoms with van der Waals surface area (Å²) in [5.74, 6) is 1.24. The molecule has 2 aromatic heterocycles. The van der Waals surface area contributed by atoms with Crippen molar-refractivity contribution in [3.8, 4) is 0 Å².